The maximum Gasteiger partial charge on any atom is 0.244 e. The Kier molecular flexibility index (Phi) is 11.3. The van der Waals surface area contributed by atoms with Gasteiger partial charge < -0.3 is 15.0 Å². The summed E-state index contributed by atoms with van der Waals surface area (Å²) in [6.45, 7) is -0.623. The third-order valence-electron chi connectivity index (χ3n) is 7.65. The van der Waals surface area contributed by atoms with E-state index in [2.05, 4.69) is 5.32 Å². The normalized spacial score (nSPS) is 14.5. The van der Waals surface area contributed by atoms with Crippen molar-refractivity contribution in [2.24, 2.45) is 0 Å². The number of ether oxygens (including phenoxy) is 1. The van der Waals surface area contributed by atoms with Gasteiger partial charge in [0.1, 0.15) is 18.3 Å². The summed E-state index contributed by atoms with van der Waals surface area (Å²) in [5.74, 6) is -0.333. The van der Waals surface area contributed by atoms with E-state index in [9.17, 15) is 18.0 Å². The molecule has 8 nitrogen and oxygen atoms in total. The number of benzene rings is 3. The largest absolute Gasteiger partial charge is 0.497 e. The molecule has 11 heteroatoms. The number of halogens is 2. The first-order valence-electron chi connectivity index (χ1n) is 14.2. The van der Waals surface area contributed by atoms with Crippen molar-refractivity contribution in [2.45, 2.75) is 57.2 Å². The van der Waals surface area contributed by atoms with Crippen LogP contribution in [-0.2, 0) is 32.6 Å². The van der Waals surface area contributed by atoms with E-state index in [1.807, 2.05) is 30.3 Å². The van der Waals surface area contributed by atoms with E-state index in [-0.39, 0.29) is 24.9 Å². The molecule has 1 aliphatic rings. The molecule has 0 aromatic heterocycles. The molecule has 1 N–H and O–H groups in total. The summed E-state index contributed by atoms with van der Waals surface area (Å²) in [6.07, 6.45) is 6.17. The fourth-order valence-corrected chi connectivity index (χ4v) is 6.68. The second-order valence-corrected chi connectivity index (χ2v) is 13.5. The smallest absolute Gasteiger partial charge is 0.244 e. The van der Waals surface area contributed by atoms with Gasteiger partial charge in [-0.2, -0.15) is 0 Å². The van der Waals surface area contributed by atoms with Crippen molar-refractivity contribution >= 4 is 50.7 Å². The van der Waals surface area contributed by atoms with E-state index in [1.54, 1.807) is 42.5 Å². The molecule has 1 saturated carbocycles. The van der Waals surface area contributed by atoms with Crippen molar-refractivity contribution in [3.8, 4) is 5.75 Å². The van der Waals surface area contributed by atoms with Gasteiger partial charge in [-0.15, -0.1) is 0 Å². The summed E-state index contributed by atoms with van der Waals surface area (Å²) in [7, 11) is -2.38. The molecule has 1 unspecified atom stereocenters. The third-order valence-corrected chi connectivity index (χ3v) is 9.50. The van der Waals surface area contributed by atoms with E-state index in [0.29, 0.717) is 27.0 Å². The van der Waals surface area contributed by atoms with Crippen LogP contribution >= 0.6 is 23.2 Å². The first-order valence-corrected chi connectivity index (χ1v) is 16.9. The lowest BCUT2D eigenvalue weighted by Crippen LogP contribution is -2.55. The van der Waals surface area contributed by atoms with Crippen molar-refractivity contribution < 1.29 is 22.7 Å². The number of hydrogen-bond acceptors (Lipinski definition) is 5. The highest BCUT2D eigenvalue weighted by Crippen LogP contribution is 2.29. The van der Waals surface area contributed by atoms with Crippen molar-refractivity contribution in [1.29, 1.82) is 0 Å². The maximum atomic E-state index is 14.3. The van der Waals surface area contributed by atoms with Crippen molar-refractivity contribution in [2.75, 3.05) is 24.2 Å². The number of amides is 2. The molecule has 0 spiro atoms. The Balaban J connectivity index is 1.75. The molecular weight excluding hydrogens is 609 g/mol. The fraction of sp³-hybridized carbons (Fsp3) is 0.375. The summed E-state index contributed by atoms with van der Waals surface area (Å²) in [5, 5.41) is 3.85. The summed E-state index contributed by atoms with van der Waals surface area (Å²) in [5.41, 5.74) is 1.61. The minimum absolute atomic E-state index is 0.00666. The lowest BCUT2D eigenvalue weighted by molar-refractivity contribution is -0.140. The molecule has 0 radical (unpaired) electrons. The van der Waals surface area contributed by atoms with Gasteiger partial charge in [-0.3, -0.25) is 13.9 Å². The Labute approximate surface area is 264 Å². The van der Waals surface area contributed by atoms with E-state index >= 15 is 0 Å². The fourth-order valence-electron chi connectivity index (χ4n) is 5.31. The molecule has 43 heavy (non-hydrogen) atoms. The Morgan fingerprint density at radius 2 is 1.56 bits per heavy atom. The number of rotatable bonds is 12. The van der Waals surface area contributed by atoms with E-state index in [1.165, 1.54) is 12.0 Å². The highest BCUT2D eigenvalue weighted by molar-refractivity contribution is 7.92. The zero-order valence-electron chi connectivity index (χ0n) is 24.3. The van der Waals surface area contributed by atoms with E-state index in [4.69, 9.17) is 27.9 Å². The average Bonchev–Trinajstić information content (AvgIpc) is 2.99. The number of hydrogen-bond donors (Lipinski definition) is 1. The van der Waals surface area contributed by atoms with Crippen molar-refractivity contribution in [3.63, 3.8) is 0 Å². The van der Waals surface area contributed by atoms with Gasteiger partial charge in [0.15, 0.2) is 0 Å². The van der Waals surface area contributed by atoms with Gasteiger partial charge >= 0.3 is 0 Å². The van der Waals surface area contributed by atoms with Crippen LogP contribution < -0.4 is 14.4 Å². The molecule has 1 atom stereocenters. The maximum absolute atomic E-state index is 14.3. The predicted octanol–water partition coefficient (Wildman–Crippen LogP) is 5.86. The highest BCUT2D eigenvalue weighted by Gasteiger charge is 2.34. The molecule has 3 aromatic carbocycles. The van der Waals surface area contributed by atoms with Crippen LogP contribution in [0.3, 0.4) is 0 Å². The molecule has 0 saturated heterocycles. The minimum Gasteiger partial charge on any atom is -0.497 e. The monoisotopic (exact) mass is 645 g/mol. The van der Waals surface area contributed by atoms with Crippen LogP contribution in [0, 0.1) is 0 Å². The van der Waals surface area contributed by atoms with Gasteiger partial charge in [0.25, 0.3) is 0 Å². The SMILES string of the molecule is COc1ccc(N(CC(=O)N(Cc2c(Cl)cccc2Cl)C(Cc2ccccc2)C(=O)NC2CCCCC2)S(C)(=O)=O)cc1. The number of sulfonamides is 1. The molecule has 1 aliphatic carbocycles. The van der Waals surface area contributed by atoms with Gasteiger partial charge in [-0.05, 0) is 54.8 Å². The predicted molar refractivity (Wildman–Crippen MR) is 171 cm³/mol. The van der Waals surface area contributed by atoms with Crippen LogP contribution in [0.25, 0.3) is 0 Å². The second kappa shape index (κ2) is 14.9. The van der Waals surface area contributed by atoms with Gasteiger partial charge in [0.05, 0.1) is 19.1 Å². The molecule has 230 valence electrons. The van der Waals surface area contributed by atoms with Crippen LogP contribution in [0.2, 0.25) is 10.0 Å². The standard InChI is InChI=1S/C32H37Cl2N3O5S/c1-42-26-18-16-25(17-19-26)37(43(2,40)41)22-31(38)36(21-27-28(33)14-9-15-29(27)34)30(20-23-10-5-3-6-11-23)32(39)35-24-12-7-4-8-13-24/h3,5-6,9-11,14-19,24,30H,4,7-8,12-13,20-22H2,1-2H3,(H,35,39). The van der Waals surface area contributed by atoms with E-state index < -0.39 is 28.5 Å². The zero-order chi connectivity index (χ0) is 31.0. The topological polar surface area (TPSA) is 96.0 Å². The number of methoxy groups -OCH3 is 1. The van der Waals surface area contributed by atoms with Crippen LogP contribution in [0.1, 0.15) is 43.2 Å². The lowest BCUT2D eigenvalue weighted by Gasteiger charge is -2.35. The number of carbonyl (C=O) groups excluding carboxylic acids is 2. The molecule has 0 bridgehead atoms. The molecule has 3 aromatic rings. The average molecular weight is 647 g/mol. The number of nitrogens with one attached hydrogen (secondary N) is 1. The lowest BCUT2D eigenvalue weighted by atomic mass is 9.94. The van der Waals surface area contributed by atoms with Crippen LogP contribution in [-0.4, -0.2) is 57.1 Å². The summed E-state index contributed by atoms with van der Waals surface area (Å²) >= 11 is 13.1. The van der Waals surface area contributed by atoms with Gasteiger partial charge in [0, 0.05) is 34.6 Å². The summed E-state index contributed by atoms with van der Waals surface area (Å²) < 4.78 is 32.2. The Morgan fingerprint density at radius 1 is 0.930 bits per heavy atom. The first-order chi connectivity index (χ1) is 20.6. The Hall–Kier alpha value is -3.27. The Bertz CT molecular complexity index is 1480. The molecule has 4 rings (SSSR count). The number of carbonyl (C=O) groups is 2. The summed E-state index contributed by atoms with van der Waals surface area (Å²) in [4.78, 5) is 29.7. The van der Waals surface area contributed by atoms with Gasteiger partial charge in [0.2, 0.25) is 21.8 Å². The van der Waals surface area contributed by atoms with E-state index in [0.717, 1.165) is 48.2 Å². The second-order valence-electron chi connectivity index (χ2n) is 10.7. The zero-order valence-corrected chi connectivity index (χ0v) is 26.7. The molecule has 1 fully saturated rings. The molecule has 2 amide bonds. The van der Waals surface area contributed by atoms with Crippen LogP contribution in [0.4, 0.5) is 5.69 Å². The van der Waals surface area contributed by atoms with Crippen molar-refractivity contribution in [3.05, 3.63) is 94.0 Å². The minimum atomic E-state index is -3.89. The molecule has 0 aliphatic heterocycles. The van der Waals surface area contributed by atoms with Crippen LogP contribution in [0.15, 0.2) is 72.8 Å². The highest BCUT2D eigenvalue weighted by atomic mass is 35.5. The quantitative estimate of drug-likeness (QED) is 0.266. The Morgan fingerprint density at radius 3 is 2.14 bits per heavy atom. The number of nitrogens with zero attached hydrogens (tertiary/aromatic N) is 2. The molecular formula is C32H37Cl2N3O5S. The third kappa shape index (κ3) is 8.87. The summed E-state index contributed by atoms with van der Waals surface area (Å²) in [6, 6.07) is 19.9. The molecule has 0 heterocycles. The number of anilines is 1. The van der Waals surface area contributed by atoms with Crippen molar-refractivity contribution in [1.82, 2.24) is 10.2 Å². The van der Waals surface area contributed by atoms with Gasteiger partial charge in [-0.1, -0.05) is 78.9 Å². The van der Waals surface area contributed by atoms with Crippen LogP contribution in [0.5, 0.6) is 5.75 Å². The first kappa shape index (κ1) is 32.6. The van der Waals surface area contributed by atoms with Gasteiger partial charge in [-0.25, -0.2) is 8.42 Å².